The van der Waals surface area contributed by atoms with Gasteiger partial charge in [-0.2, -0.15) is 0 Å². The highest BCUT2D eigenvalue weighted by molar-refractivity contribution is 4.83. The number of alkyl halides is 1. The highest BCUT2D eigenvalue weighted by Crippen LogP contribution is 1.87. The van der Waals surface area contributed by atoms with Crippen molar-refractivity contribution in [2.45, 2.75) is 26.6 Å². The van der Waals surface area contributed by atoms with E-state index in [2.05, 4.69) is 5.32 Å². The summed E-state index contributed by atoms with van der Waals surface area (Å²) in [6, 6.07) is 0. The normalized spacial score (nSPS) is 14.6. The molecule has 0 bridgehead atoms. The molecule has 9 heavy (non-hydrogen) atoms. The van der Waals surface area contributed by atoms with Crippen molar-refractivity contribution >= 4 is 0 Å². The van der Waals surface area contributed by atoms with Gasteiger partial charge in [-0.3, -0.25) is 5.32 Å². The van der Waals surface area contributed by atoms with Gasteiger partial charge in [0.1, 0.15) is 0 Å². The van der Waals surface area contributed by atoms with E-state index in [-0.39, 0.29) is 0 Å². The lowest BCUT2D eigenvalue weighted by atomic mass is 10.4. The molecule has 54 valence electrons. The molecule has 0 aromatic heterocycles. The van der Waals surface area contributed by atoms with Gasteiger partial charge in [-0.05, 0) is 26.0 Å². The minimum absolute atomic E-state index is 0.742. The SMILES string of the molecule is C/C=C\C(F)NCCC. The van der Waals surface area contributed by atoms with Crippen molar-refractivity contribution in [2.24, 2.45) is 0 Å². The van der Waals surface area contributed by atoms with Crippen LogP contribution in [0, 0.1) is 0 Å². The average molecular weight is 131 g/mol. The lowest BCUT2D eigenvalue weighted by Gasteiger charge is -2.02. The van der Waals surface area contributed by atoms with Gasteiger partial charge in [0.25, 0.3) is 0 Å². The van der Waals surface area contributed by atoms with Gasteiger partial charge in [-0.15, -0.1) is 0 Å². The summed E-state index contributed by atoms with van der Waals surface area (Å²) in [7, 11) is 0. The third-order valence-electron chi connectivity index (χ3n) is 0.951. The van der Waals surface area contributed by atoms with Gasteiger partial charge in [0.05, 0.1) is 0 Å². The van der Waals surface area contributed by atoms with Gasteiger partial charge in [-0.1, -0.05) is 13.0 Å². The molecular formula is C7H14FN. The lowest BCUT2D eigenvalue weighted by molar-refractivity contribution is 0.334. The number of allylic oxidation sites excluding steroid dienone is 1. The molecule has 0 amide bonds. The summed E-state index contributed by atoms with van der Waals surface area (Å²) in [6.07, 6.45) is 3.20. The van der Waals surface area contributed by atoms with E-state index < -0.39 is 6.30 Å². The summed E-state index contributed by atoms with van der Waals surface area (Å²) in [4.78, 5) is 0. The van der Waals surface area contributed by atoms with E-state index in [1.807, 2.05) is 6.92 Å². The largest absolute Gasteiger partial charge is 0.284 e. The molecule has 0 rings (SSSR count). The molecule has 1 unspecified atom stereocenters. The van der Waals surface area contributed by atoms with E-state index in [9.17, 15) is 4.39 Å². The number of hydrogen-bond acceptors (Lipinski definition) is 1. The fraction of sp³-hybridized carbons (Fsp3) is 0.714. The van der Waals surface area contributed by atoms with Crippen LogP contribution in [0.2, 0.25) is 0 Å². The van der Waals surface area contributed by atoms with Crippen molar-refractivity contribution in [1.82, 2.24) is 5.32 Å². The lowest BCUT2D eigenvalue weighted by Crippen LogP contribution is -2.22. The van der Waals surface area contributed by atoms with E-state index in [0.717, 1.165) is 13.0 Å². The molecule has 0 aromatic rings. The van der Waals surface area contributed by atoms with Crippen LogP contribution in [0.1, 0.15) is 20.3 Å². The van der Waals surface area contributed by atoms with E-state index in [1.165, 1.54) is 6.08 Å². The molecule has 0 radical (unpaired) electrons. The van der Waals surface area contributed by atoms with Crippen LogP contribution in [0.15, 0.2) is 12.2 Å². The Morgan fingerprint density at radius 2 is 2.33 bits per heavy atom. The molecule has 0 aliphatic rings. The maximum atomic E-state index is 12.4. The molecule has 0 saturated carbocycles. The minimum Gasteiger partial charge on any atom is -0.284 e. The fourth-order valence-electron chi connectivity index (χ4n) is 0.519. The highest BCUT2D eigenvalue weighted by Gasteiger charge is 1.94. The standard InChI is InChI=1S/C7H14FN/c1-3-5-7(8)9-6-4-2/h3,5,7,9H,4,6H2,1-2H3/b5-3-. The third-order valence-corrected chi connectivity index (χ3v) is 0.951. The van der Waals surface area contributed by atoms with Crippen molar-refractivity contribution < 1.29 is 4.39 Å². The molecular weight excluding hydrogens is 117 g/mol. The Balaban J connectivity index is 3.15. The molecule has 1 atom stereocenters. The molecule has 1 nitrogen and oxygen atoms in total. The van der Waals surface area contributed by atoms with Crippen molar-refractivity contribution in [3.05, 3.63) is 12.2 Å². The summed E-state index contributed by atoms with van der Waals surface area (Å²) in [5.41, 5.74) is 0. The molecule has 2 heteroatoms. The fourth-order valence-corrected chi connectivity index (χ4v) is 0.519. The van der Waals surface area contributed by atoms with Crippen molar-refractivity contribution in [3.63, 3.8) is 0 Å². The maximum Gasteiger partial charge on any atom is 0.169 e. The first kappa shape index (κ1) is 8.63. The van der Waals surface area contributed by atoms with E-state index >= 15 is 0 Å². The zero-order valence-corrected chi connectivity index (χ0v) is 6.02. The number of halogens is 1. The molecule has 0 aliphatic carbocycles. The van der Waals surface area contributed by atoms with Crippen LogP contribution in [0.25, 0.3) is 0 Å². The van der Waals surface area contributed by atoms with Crippen LogP contribution in [-0.2, 0) is 0 Å². The summed E-state index contributed by atoms with van der Waals surface area (Å²) in [6.45, 7) is 4.56. The van der Waals surface area contributed by atoms with Crippen LogP contribution < -0.4 is 5.32 Å². The van der Waals surface area contributed by atoms with Crippen LogP contribution >= 0.6 is 0 Å². The van der Waals surface area contributed by atoms with Crippen molar-refractivity contribution in [3.8, 4) is 0 Å². The van der Waals surface area contributed by atoms with Crippen LogP contribution in [0.5, 0.6) is 0 Å². The monoisotopic (exact) mass is 131 g/mol. The van der Waals surface area contributed by atoms with Gasteiger partial charge in [0.15, 0.2) is 6.30 Å². The maximum absolute atomic E-state index is 12.4. The summed E-state index contributed by atoms with van der Waals surface area (Å²) < 4.78 is 12.4. The smallest absolute Gasteiger partial charge is 0.169 e. The van der Waals surface area contributed by atoms with Crippen molar-refractivity contribution in [2.75, 3.05) is 6.54 Å². The second-order valence-corrected chi connectivity index (χ2v) is 1.88. The van der Waals surface area contributed by atoms with Crippen molar-refractivity contribution in [1.29, 1.82) is 0 Å². The van der Waals surface area contributed by atoms with Gasteiger partial charge in [0.2, 0.25) is 0 Å². The van der Waals surface area contributed by atoms with E-state index in [1.54, 1.807) is 13.0 Å². The topological polar surface area (TPSA) is 12.0 Å². The zero-order valence-electron chi connectivity index (χ0n) is 6.02. The molecule has 0 fully saturated rings. The second-order valence-electron chi connectivity index (χ2n) is 1.88. The first-order chi connectivity index (χ1) is 4.31. The Bertz CT molecular complexity index is 81.0. The summed E-state index contributed by atoms with van der Waals surface area (Å²) in [5.74, 6) is 0. The number of hydrogen-bond donors (Lipinski definition) is 1. The molecule has 0 heterocycles. The second kappa shape index (κ2) is 5.76. The number of nitrogens with one attached hydrogen (secondary N) is 1. The van der Waals surface area contributed by atoms with Crippen LogP contribution in [-0.4, -0.2) is 12.8 Å². The first-order valence-corrected chi connectivity index (χ1v) is 3.31. The van der Waals surface area contributed by atoms with Crippen LogP contribution in [0.4, 0.5) is 4.39 Å². The quantitative estimate of drug-likeness (QED) is 0.453. The van der Waals surface area contributed by atoms with E-state index in [4.69, 9.17) is 0 Å². The van der Waals surface area contributed by atoms with Crippen LogP contribution in [0.3, 0.4) is 0 Å². The Hall–Kier alpha value is -0.370. The average Bonchev–Trinajstić information content (AvgIpc) is 1.85. The molecule has 0 saturated heterocycles. The Labute approximate surface area is 56.0 Å². The Kier molecular flexibility index (Phi) is 5.52. The first-order valence-electron chi connectivity index (χ1n) is 3.31. The summed E-state index contributed by atoms with van der Waals surface area (Å²) >= 11 is 0. The highest BCUT2D eigenvalue weighted by atomic mass is 19.1. The zero-order chi connectivity index (χ0) is 7.11. The molecule has 0 aromatic carbocycles. The minimum atomic E-state index is -0.963. The Morgan fingerprint density at radius 3 is 2.78 bits per heavy atom. The third kappa shape index (κ3) is 5.50. The number of rotatable bonds is 4. The summed E-state index contributed by atoms with van der Waals surface area (Å²) in [5, 5.41) is 2.68. The van der Waals surface area contributed by atoms with E-state index in [0.29, 0.717) is 0 Å². The molecule has 0 aliphatic heterocycles. The predicted molar refractivity (Wildman–Crippen MR) is 38.0 cm³/mol. The van der Waals surface area contributed by atoms with Gasteiger partial charge < -0.3 is 0 Å². The van der Waals surface area contributed by atoms with Gasteiger partial charge >= 0.3 is 0 Å². The molecule has 0 spiro atoms. The Morgan fingerprint density at radius 1 is 1.67 bits per heavy atom. The predicted octanol–water partition coefficient (Wildman–Crippen LogP) is 1.86. The van der Waals surface area contributed by atoms with Gasteiger partial charge in [-0.25, -0.2) is 4.39 Å². The van der Waals surface area contributed by atoms with Gasteiger partial charge in [0, 0.05) is 0 Å². The molecule has 1 N–H and O–H groups in total.